The van der Waals surface area contributed by atoms with Gasteiger partial charge in [0, 0.05) is 33.1 Å². The number of anilines is 1. The molecule has 1 N–H and O–H groups in total. The lowest BCUT2D eigenvalue weighted by Gasteiger charge is -2.10. The van der Waals surface area contributed by atoms with Crippen molar-refractivity contribution in [2.24, 2.45) is 11.3 Å². The van der Waals surface area contributed by atoms with Crippen molar-refractivity contribution in [1.82, 2.24) is 0 Å². The summed E-state index contributed by atoms with van der Waals surface area (Å²) in [4.78, 5) is 25.6. The van der Waals surface area contributed by atoms with Crippen LogP contribution in [0.15, 0.2) is 40.9 Å². The summed E-state index contributed by atoms with van der Waals surface area (Å²) >= 11 is 28.5. The van der Waals surface area contributed by atoms with Gasteiger partial charge in [0.1, 0.15) is 4.33 Å². The van der Waals surface area contributed by atoms with Crippen molar-refractivity contribution >= 4 is 79.7 Å². The van der Waals surface area contributed by atoms with Gasteiger partial charge >= 0.3 is 0 Å². The highest BCUT2D eigenvalue weighted by atomic mass is 79.9. The van der Waals surface area contributed by atoms with Gasteiger partial charge in [-0.1, -0.05) is 39.1 Å². The van der Waals surface area contributed by atoms with Crippen molar-refractivity contribution < 1.29 is 9.59 Å². The van der Waals surface area contributed by atoms with Gasteiger partial charge in [-0.15, -0.1) is 23.2 Å². The predicted octanol–water partition coefficient (Wildman–Crippen LogP) is 7.16. The number of halogens is 5. The second-order valence-corrected chi connectivity index (χ2v) is 11.2. The van der Waals surface area contributed by atoms with Gasteiger partial charge in [0.05, 0.1) is 22.4 Å². The fraction of sp³-hybridized carbons (Fsp3) is 0.318. The molecule has 160 valence electrons. The van der Waals surface area contributed by atoms with E-state index in [1.807, 2.05) is 6.07 Å². The van der Waals surface area contributed by atoms with E-state index in [1.54, 1.807) is 24.3 Å². The number of rotatable bonds is 6. The highest BCUT2D eigenvalue weighted by molar-refractivity contribution is 9.10. The van der Waals surface area contributed by atoms with E-state index < -0.39 is 21.6 Å². The summed E-state index contributed by atoms with van der Waals surface area (Å²) < 4.78 is -0.512. The van der Waals surface area contributed by atoms with Gasteiger partial charge in [0.25, 0.3) is 0 Å². The van der Waals surface area contributed by atoms with Crippen LogP contribution in [0.25, 0.3) is 0 Å². The summed E-state index contributed by atoms with van der Waals surface area (Å²) in [6, 6.07) is 12.2. The van der Waals surface area contributed by atoms with Gasteiger partial charge in [-0.05, 0) is 54.8 Å². The Hall–Kier alpha value is -1.29. The molecule has 2 fully saturated rings. The highest BCUT2D eigenvalue weighted by Gasteiger charge is 2.67. The second kappa shape index (κ2) is 8.24. The molecule has 9 heteroatoms. The molecule has 2 aliphatic rings. The SMILES string of the molecule is N#CC1(CC(=O)c2cc(NC(=O)C3C(c4cc(Cl)cc(Br)c4)C3(Cl)Cl)ccc2Cl)CC1. The monoisotopic (exact) mass is 558 g/mol. The molecule has 4 nitrogen and oxygen atoms in total. The number of nitrogens with one attached hydrogen (secondary N) is 1. The minimum Gasteiger partial charge on any atom is -0.326 e. The van der Waals surface area contributed by atoms with Crippen LogP contribution in [0, 0.1) is 22.7 Å². The van der Waals surface area contributed by atoms with E-state index in [-0.39, 0.29) is 28.7 Å². The van der Waals surface area contributed by atoms with Crippen LogP contribution < -0.4 is 5.32 Å². The average Bonchev–Trinajstić information content (AvgIpc) is 3.57. The quantitative estimate of drug-likeness (QED) is 0.301. The van der Waals surface area contributed by atoms with Gasteiger partial charge in [-0.3, -0.25) is 9.59 Å². The Balaban J connectivity index is 1.51. The van der Waals surface area contributed by atoms with E-state index in [0.717, 1.165) is 10.0 Å². The zero-order valence-corrected chi connectivity index (χ0v) is 20.5. The van der Waals surface area contributed by atoms with Crippen LogP contribution in [0.2, 0.25) is 10.0 Å². The molecule has 0 radical (unpaired) electrons. The van der Waals surface area contributed by atoms with E-state index >= 15 is 0 Å². The molecular weight excluding hydrogens is 546 g/mol. The minimum atomic E-state index is -1.27. The number of alkyl halides is 2. The zero-order valence-electron chi connectivity index (χ0n) is 15.9. The molecule has 0 heterocycles. The summed E-state index contributed by atoms with van der Waals surface area (Å²) in [5.74, 6) is -1.71. The highest BCUT2D eigenvalue weighted by Crippen LogP contribution is 2.65. The van der Waals surface area contributed by atoms with Crippen LogP contribution in [0.4, 0.5) is 5.69 Å². The Morgan fingerprint density at radius 1 is 1.16 bits per heavy atom. The Kier molecular flexibility index (Phi) is 6.09. The number of hydrogen-bond acceptors (Lipinski definition) is 3. The Bertz CT molecular complexity index is 1120. The number of hydrogen-bond donors (Lipinski definition) is 1. The van der Waals surface area contributed by atoms with Crippen molar-refractivity contribution in [2.75, 3.05) is 5.32 Å². The van der Waals surface area contributed by atoms with Crippen LogP contribution in [-0.2, 0) is 4.79 Å². The van der Waals surface area contributed by atoms with Gasteiger partial charge in [0.15, 0.2) is 5.78 Å². The molecular formula is C22H15BrCl4N2O2. The molecule has 31 heavy (non-hydrogen) atoms. The van der Waals surface area contributed by atoms with Crippen molar-refractivity contribution in [3.05, 3.63) is 62.0 Å². The largest absolute Gasteiger partial charge is 0.326 e. The maximum absolute atomic E-state index is 12.9. The number of nitrogens with zero attached hydrogens (tertiary/aromatic N) is 1. The van der Waals surface area contributed by atoms with E-state index in [4.69, 9.17) is 46.4 Å². The number of ketones is 1. The van der Waals surface area contributed by atoms with Crippen molar-refractivity contribution in [1.29, 1.82) is 5.26 Å². The average molecular weight is 561 g/mol. The third kappa shape index (κ3) is 4.60. The normalized spacial score (nSPS) is 22.3. The fourth-order valence-electron chi connectivity index (χ4n) is 3.74. The molecule has 2 aromatic carbocycles. The van der Waals surface area contributed by atoms with Crippen LogP contribution in [0.1, 0.15) is 41.1 Å². The molecule has 0 aliphatic heterocycles. The molecule has 2 atom stereocenters. The lowest BCUT2D eigenvalue weighted by molar-refractivity contribution is -0.117. The number of amides is 1. The smallest absolute Gasteiger partial charge is 0.231 e. The molecule has 2 aromatic rings. The van der Waals surface area contributed by atoms with E-state index in [1.165, 1.54) is 6.07 Å². The molecule has 0 bridgehead atoms. The number of Topliss-reactive ketones (excluding diaryl/α,β-unsaturated/α-hetero) is 1. The van der Waals surface area contributed by atoms with Gasteiger partial charge in [-0.2, -0.15) is 5.26 Å². The molecule has 0 saturated heterocycles. The molecule has 2 aliphatic carbocycles. The maximum Gasteiger partial charge on any atom is 0.231 e. The van der Waals surface area contributed by atoms with E-state index in [9.17, 15) is 14.9 Å². The Morgan fingerprint density at radius 2 is 1.87 bits per heavy atom. The van der Waals surface area contributed by atoms with Gasteiger partial charge in [0.2, 0.25) is 5.91 Å². The Morgan fingerprint density at radius 3 is 2.48 bits per heavy atom. The van der Waals surface area contributed by atoms with Crippen molar-refractivity contribution in [2.45, 2.75) is 29.5 Å². The van der Waals surface area contributed by atoms with Crippen LogP contribution >= 0.6 is 62.3 Å². The molecule has 2 saturated carbocycles. The fourth-order valence-corrected chi connectivity index (χ4v) is 5.68. The van der Waals surface area contributed by atoms with Gasteiger partial charge in [-0.25, -0.2) is 0 Å². The lowest BCUT2D eigenvalue weighted by atomic mass is 9.96. The molecule has 1 amide bonds. The third-order valence-corrected chi connectivity index (χ3v) is 7.65. The predicted molar refractivity (Wildman–Crippen MR) is 126 cm³/mol. The topological polar surface area (TPSA) is 70.0 Å². The summed E-state index contributed by atoms with van der Waals surface area (Å²) in [7, 11) is 0. The minimum absolute atomic E-state index is 0.113. The lowest BCUT2D eigenvalue weighted by Crippen LogP contribution is -2.17. The van der Waals surface area contributed by atoms with Crippen molar-refractivity contribution in [3.8, 4) is 6.07 Å². The number of nitriles is 1. The molecule has 4 rings (SSSR count). The Labute approximate surface area is 207 Å². The van der Waals surface area contributed by atoms with Gasteiger partial charge < -0.3 is 5.32 Å². The molecule has 2 unspecified atom stereocenters. The first kappa shape index (κ1) is 22.9. The summed E-state index contributed by atoms with van der Waals surface area (Å²) in [6.07, 6.45) is 1.53. The van der Waals surface area contributed by atoms with E-state index in [0.29, 0.717) is 23.6 Å². The first-order valence-corrected chi connectivity index (χ1v) is 11.8. The van der Waals surface area contributed by atoms with Crippen LogP contribution in [-0.4, -0.2) is 16.0 Å². The standard InChI is InChI=1S/C22H15BrCl4N2O2/c23-12-5-11(6-13(24)7-12)18-19(22(18,26)27)20(31)29-14-1-2-16(25)15(8-14)17(30)9-21(10-28)3-4-21/h1-2,5-8,18-19H,3-4,9H2,(H,29,31). The zero-order chi connectivity index (χ0) is 22.6. The van der Waals surface area contributed by atoms with Crippen LogP contribution in [0.3, 0.4) is 0 Å². The first-order valence-electron chi connectivity index (χ1n) is 9.45. The first-order chi connectivity index (χ1) is 14.6. The summed E-state index contributed by atoms with van der Waals surface area (Å²) in [5, 5.41) is 12.8. The second-order valence-electron chi connectivity index (χ2n) is 8.01. The number of carbonyl (C=O) groups is 2. The summed E-state index contributed by atoms with van der Waals surface area (Å²) in [6.45, 7) is 0. The number of carbonyl (C=O) groups excluding carboxylic acids is 2. The van der Waals surface area contributed by atoms with E-state index in [2.05, 4.69) is 27.3 Å². The van der Waals surface area contributed by atoms with Crippen LogP contribution in [0.5, 0.6) is 0 Å². The number of benzene rings is 2. The maximum atomic E-state index is 12.9. The summed E-state index contributed by atoms with van der Waals surface area (Å²) in [5.41, 5.74) is 0.850. The molecule has 0 aromatic heterocycles. The molecule has 0 spiro atoms. The third-order valence-electron chi connectivity index (χ3n) is 5.70. The van der Waals surface area contributed by atoms with Crippen molar-refractivity contribution in [3.63, 3.8) is 0 Å².